The van der Waals surface area contributed by atoms with E-state index in [1.807, 2.05) is 66.8 Å². The number of para-hydroxylation sites is 6. The Morgan fingerprint density at radius 1 is 0.324 bits per heavy atom. The van der Waals surface area contributed by atoms with Crippen LogP contribution in [0.2, 0.25) is 0 Å². The van der Waals surface area contributed by atoms with E-state index in [4.69, 9.17) is 0 Å². The van der Waals surface area contributed by atoms with Crippen LogP contribution >= 0.6 is 0 Å². The Bertz CT molecular complexity index is 4620. The molecule has 1 unspecified atom stereocenters. The average molecular weight is 949 g/mol. The monoisotopic (exact) mass is 948 g/mol. The predicted molar refractivity (Wildman–Crippen MR) is 304 cm³/mol. The van der Waals surface area contributed by atoms with Crippen molar-refractivity contribution in [1.82, 2.24) is 18.3 Å². The zero-order chi connectivity index (χ0) is 49.0. The number of hydrogen-bond donors (Lipinski definition) is 0. The Morgan fingerprint density at radius 2 is 0.635 bits per heavy atom. The lowest BCUT2D eigenvalue weighted by molar-refractivity contribution is 0.0940. The van der Waals surface area contributed by atoms with Gasteiger partial charge >= 0.3 is 0 Å². The zero-order valence-corrected chi connectivity index (χ0v) is 40.1. The molecule has 10 aromatic carbocycles. The number of hydrogen-bond acceptors (Lipinski definition) is 2. The Balaban J connectivity index is 0.696. The molecule has 4 aromatic heterocycles. The Kier molecular flexibility index (Phi) is 9.29. The number of allylic oxidation sites excluding steroid dienone is 4. The van der Waals surface area contributed by atoms with E-state index in [9.17, 15) is 9.59 Å². The van der Waals surface area contributed by atoms with Gasteiger partial charge in [0.15, 0.2) is 11.6 Å². The molecule has 0 N–H and O–H groups in total. The zero-order valence-electron chi connectivity index (χ0n) is 40.1. The first kappa shape index (κ1) is 42.0. The lowest BCUT2D eigenvalue weighted by Gasteiger charge is -2.18. The van der Waals surface area contributed by atoms with Gasteiger partial charge < -0.3 is 18.3 Å². The van der Waals surface area contributed by atoms with Crippen molar-refractivity contribution >= 4 is 98.8 Å². The number of carbonyl (C=O) groups is 2. The predicted octanol–water partition coefficient (Wildman–Crippen LogP) is 16.6. The first-order valence-electron chi connectivity index (χ1n) is 25.3. The van der Waals surface area contributed by atoms with E-state index < -0.39 is 5.92 Å². The summed E-state index contributed by atoms with van der Waals surface area (Å²) in [7, 11) is 0. The minimum absolute atomic E-state index is 0.00717. The van der Waals surface area contributed by atoms with Crippen molar-refractivity contribution in [2.24, 2.45) is 5.92 Å². The summed E-state index contributed by atoms with van der Waals surface area (Å²) in [6.45, 7) is 0. The quantitative estimate of drug-likeness (QED) is 0.143. The number of benzene rings is 10. The first-order valence-corrected chi connectivity index (χ1v) is 25.3. The van der Waals surface area contributed by atoms with Crippen LogP contribution < -0.4 is 0 Å². The Hall–Kier alpha value is -9.78. The number of aromatic nitrogens is 4. The second-order valence-electron chi connectivity index (χ2n) is 19.5. The largest absolute Gasteiger partial charge is 0.309 e. The smallest absolute Gasteiger partial charge is 0.189 e. The SMILES string of the molecule is O=C(C1=CC=CC(C(=O)c2ccc(-n3c4ccccc4c4cc(-n5c6ccccc6c6ccccc65)ccc43)cc2)C1)c1ccc(-n2c3ccccc3c3cc(-n4c5ccccc5c5ccccc54)ccc32)cc1. The van der Waals surface area contributed by atoms with Crippen LogP contribution in [0, 0.1) is 5.92 Å². The number of nitrogens with zero attached hydrogens (tertiary/aromatic N) is 4. The molecule has 0 radical (unpaired) electrons. The topological polar surface area (TPSA) is 53.9 Å². The minimum Gasteiger partial charge on any atom is -0.309 e. The maximum atomic E-state index is 14.3. The van der Waals surface area contributed by atoms with E-state index in [-0.39, 0.29) is 11.6 Å². The van der Waals surface area contributed by atoms with Gasteiger partial charge in [-0.3, -0.25) is 9.59 Å². The van der Waals surface area contributed by atoms with Crippen LogP contribution in [-0.4, -0.2) is 29.8 Å². The molecule has 1 aliphatic carbocycles. The maximum absolute atomic E-state index is 14.3. The van der Waals surface area contributed by atoms with Gasteiger partial charge in [0.05, 0.1) is 44.1 Å². The van der Waals surface area contributed by atoms with Crippen LogP contribution in [-0.2, 0) is 0 Å². The average Bonchev–Trinajstić information content (AvgIpc) is 4.22. The number of Topliss-reactive ketones (excluding diaryl/α,β-unsaturated/α-hetero) is 2. The summed E-state index contributed by atoms with van der Waals surface area (Å²) in [5.74, 6) is -0.534. The van der Waals surface area contributed by atoms with Crippen LogP contribution in [0.25, 0.3) is 110 Å². The third kappa shape index (κ3) is 6.31. The van der Waals surface area contributed by atoms with Crippen molar-refractivity contribution < 1.29 is 9.59 Å². The molecule has 4 heterocycles. The number of ketones is 2. The highest BCUT2D eigenvalue weighted by molar-refractivity contribution is 6.15. The Morgan fingerprint density at radius 3 is 1.03 bits per heavy atom. The molecule has 0 fully saturated rings. The van der Waals surface area contributed by atoms with E-state index in [2.05, 4.69) is 200 Å². The van der Waals surface area contributed by atoms with Gasteiger partial charge in [-0.25, -0.2) is 0 Å². The fourth-order valence-electron chi connectivity index (χ4n) is 12.1. The summed E-state index contributed by atoms with van der Waals surface area (Å²) in [5, 5.41) is 9.56. The van der Waals surface area contributed by atoms with Gasteiger partial charge in [0.1, 0.15) is 0 Å². The molecule has 1 aliphatic rings. The molecule has 348 valence electrons. The molecule has 14 aromatic rings. The van der Waals surface area contributed by atoms with Gasteiger partial charge in [0.25, 0.3) is 0 Å². The van der Waals surface area contributed by atoms with Gasteiger partial charge in [0.2, 0.25) is 0 Å². The fourth-order valence-corrected chi connectivity index (χ4v) is 12.1. The molecule has 0 bridgehead atoms. The molecule has 0 aliphatic heterocycles. The summed E-state index contributed by atoms with van der Waals surface area (Å²) in [5.41, 5.74) is 15.0. The van der Waals surface area contributed by atoms with E-state index in [0.717, 1.165) is 66.4 Å². The number of carbonyl (C=O) groups excluding carboxylic acids is 2. The summed E-state index contributed by atoms with van der Waals surface area (Å²) < 4.78 is 9.28. The lowest BCUT2D eigenvalue weighted by atomic mass is 9.85. The van der Waals surface area contributed by atoms with Crippen molar-refractivity contribution in [3.05, 3.63) is 265 Å². The summed E-state index contributed by atoms with van der Waals surface area (Å²) >= 11 is 0. The van der Waals surface area contributed by atoms with Gasteiger partial charge in [0, 0.05) is 88.5 Å². The van der Waals surface area contributed by atoms with Crippen molar-refractivity contribution in [3.8, 4) is 22.7 Å². The van der Waals surface area contributed by atoms with Gasteiger partial charge in [-0.1, -0.05) is 127 Å². The third-order valence-electron chi connectivity index (χ3n) is 15.5. The standard InChI is InChI=1S/C68H44N4O2/c73-67(43-28-32-47(33-29-43)69-63-26-11-5-20-55(63)57-41-49(36-38-65(57)69)71-59-22-7-1-16-51(59)52-17-2-8-23-60(52)71)45-14-13-15-46(40-45)68(74)44-30-34-48(35-31-44)70-64-27-12-6-21-56(64)58-42-50(37-39-66(58)70)72-61-24-9-3-18-53(61)54-19-4-10-25-62(54)72/h1-39,41-42,45H,40H2. The second kappa shape index (κ2) is 16.4. The molecule has 6 nitrogen and oxygen atoms in total. The fraction of sp³-hybridized carbons (Fsp3) is 0.0294. The normalized spacial score (nSPS) is 13.9. The van der Waals surface area contributed by atoms with Crippen LogP contribution in [0.3, 0.4) is 0 Å². The highest BCUT2D eigenvalue weighted by atomic mass is 16.1. The van der Waals surface area contributed by atoms with E-state index >= 15 is 0 Å². The molecule has 0 spiro atoms. The highest BCUT2D eigenvalue weighted by Gasteiger charge is 2.26. The van der Waals surface area contributed by atoms with E-state index in [1.54, 1.807) is 0 Å². The molecule has 0 saturated carbocycles. The number of rotatable bonds is 8. The molecule has 0 amide bonds. The first-order chi connectivity index (χ1) is 36.6. The molecular weight excluding hydrogens is 905 g/mol. The minimum atomic E-state index is -0.457. The third-order valence-corrected chi connectivity index (χ3v) is 15.5. The Labute approximate surface area is 425 Å². The maximum Gasteiger partial charge on any atom is 0.189 e. The summed E-state index contributed by atoms with van der Waals surface area (Å²) in [6, 6.07) is 80.7. The molecule has 1 atom stereocenters. The highest BCUT2D eigenvalue weighted by Crippen LogP contribution is 2.40. The summed E-state index contributed by atoms with van der Waals surface area (Å²) in [4.78, 5) is 28.5. The second-order valence-corrected chi connectivity index (χ2v) is 19.5. The van der Waals surface area contributed by atoms with E-state index in [1.165, 1.54) is 43.6 Å². The van der Waals surface area contributed by atoms with Crippen LogP contribution in [0.1, 0.15) is 27.1 Å². The molecule has 6 heteroatoms. The van der Waals surface area contributed by atoms with Crippen LogP contribution in [0.15, 0.2) is 254 Å². The van der Waals surface area contributed by atoms with Crippen LogP contribution in [0.5, 0.6) is 0 Å². The molecule has 0 saturated heterocycles. The van der Waals surface area contributed by atoms with Gasteiger partial charge in [-0.15, -0.1) is 0 Å². The van der Waals surface area contributed by atoms with Gasteiger partial charge in [-0.05, 0) is 128 Å². The van der Waals surface area contributed by atoms with Crippen molar-refractivity contribution in [2.45, 2.75) is 6.42 Å². The van der Waals surface area contributed by atoms with Crippen molar-refractivity contribution in [3.63, 3.8) is 0 Å². The van der Waals surface area contributed by atoms with Crippen molar-refractivity contribution in [1.29, 1.82) is 0 Å². The number of fused-ring (bicyclic) bond motifs is 12. The molecule has 74 heavy (non-hydrogen) atoms. The van der Waals surface area contributed by atoms with Crippen LogP contribution in [0.4, 0.5) is 0 Å². The van der Waals surface area contributed by atoms with E-state index in [0.29, 0.717) is 23.1 Å². The summed E-state index contributed by atoms with van der Waals surface area (Å²) in [6.07, 6.45) is 5.98. The lowest BCUT2D eigenvalue weighted by Crippen LogP contribution is -2.18. The molecule has 15 rings (SSSR count). The van der Waals surface area contributed by atoms with Crippen molar-refractivity contribution in [2.75, 3.05) is 0 Å². The van der Waals surface area contributed by atoms with Gasteiger partial charge in [-0.2, -0.15) is 0 Å². The molecular formula is C68H44N4O2.